The number of benzene rings is 1. The largest absolute Gasteiger partial charge is 0.490 e. The summed E-state index contributed by atoms with van der Waals surface area (Å²) in [5.41, 5.74) is 3.94. The Morgan fingerprint density at radius 1 is 1.27 bits per heavy atom. The minimum absolute atomic E-state index is 0.0504. The Hall–Kier alpha value is -2.12. The first kappa shape index (κ1) is 17.9. The van der Waals surface area contributed by atoms with E-state index in [1.54, 1.807) is 20.8 Å². The van der Waals surface area contributed by atoms with Crippen LogP contribution in [0.5, 0.6) is 5.75 Å². The molecule has 0 aromatic heterocycles. The molecule has 5 nitrogen and oxygen atoms in total. The van der Waals surface area contributed by atoms with Crippen LogP contribution in [0, 0.1) is 0 Å². The summed E-state index contributed by atoms with van der Waals surface area (Å²) in [6, 6.07) is 2.83. The molecule has 124 valence electrons. The van der Waals surface area contributed by atoms with E-state index in [2.05, 4.69) is 5.32 Å². The van der Waals surface area contributed by atoms with Gasteiger partial charge in [-0.05, 0) is 39.0 Å². The molecule has 0 bridgehead atoms. The molecule has 0 atom stereocenters. The van der Waals surface area contributed by atoms with E-state index in [0.29, 0.717) is 0 Å². The number of carbonyl (C=O) groups excluding carboxylic acids is 1. The second kappa shape index (κ2) is 6.76. The van der Waals surface area contributed by atoms with Crippen LogP contribution >= 0.6 is 0 Å². The molecule has 0 radical (unpaired) electrons. The smallest absolute Gasteiger partial charge is 0.416 e. The fraction of sp³-hybridized carbons (Fsp3) is 0.500. The van der Waals surface area contributed by atoms with E-state index in [1.807, 2.05) is 0 Å². The first-order chi connectivity index (χ1) is 9.99. The fourth-order valence-corrected chi connectivity index (χ4v) is 1.48. The van der Waals surface area contributed by atoms with Gasteiger partial charge < -0.3 is 20.5 Å². The Morgan fingerprint density at radius 2 is 1.91 bits per heavy atom. The molecule has 0 aliphatic rings. The minimum atomic E-state index is -4.45. The van der Waals surface area contributed by atoms with E-state index in [1.165, 1.54) is 0 Å². The molecule has 0 heterocycles. The lowest BCUT2D eigenvalue weighted by Crippen LogP contribution is -2.34. The number of nitrogens with two attached hydrogens (primary N) is 1. The van der Waals surface area contributed by atoms with Crippen molar-refractivity contribution < 1.29 is 27.4 Å². The van der Waals surface area contributed by atoms with Crippen LogP contribution in [-0.2, 0) is 10.9 Å². The van der Waals surface area contributed by atoms with Gasteiger partial charge in [0.15, 0.2) is 0 Å². The maximum atomic E-state index is 12.5. The number of nitrogens with one attached hydrogen (secondary N) is 1. The Kier molecular flexibility index (Phi) is 5.51. The summed E-state index contributed by atoms with van der Waals surface area (Å²) in [6.07, 6.45) is -5.05. The van der Waals surface area contributed by atoms with E-state index in [4.69, 9.17) is 15.2 Å². The van der Waals surface area contributed by atoms with Gasteiger partial charge in [0.2, 0.25) is 0 Å². The fourth-order valence-electron chi connectivity index (χ4n) is 1.48. The van der Waals surface area contributed by atoms with Gasteiger partial charge in [0, 0.05) is 0 Å². The highest BCUT2D eigenvalue weighted by atomic mass is 19.4. The molecule has 1 aromatic rings. The topological polar surface area (TPSA) is 73.6 Å². The van der Waals surface area contributed by atoms with Gasteiger partial charge in [-0.2, -0.15) is 13.2 Å². The van der Waals surface area contributed by atoms with Gasteiger partial charge in [-0.15, -0.1) is 0 Å². The number of hydrogen-bond donors (Lipinski definition) is 2. The normalized spacial score (nSPS) is 11.9. The molecule has 0 saturated heterocycles. The summed E-state index contributed by atoms with van der Waals surface area (Å²) in [6.45, 7) is 5.37. The van der Waals surface area contributed by atoms with Crippen LogP contribution in [0.1, 0.15) is 26.3 Å². The van der Waals surface area contributed by atoms with Crippen molar-refractivity contribution in [2.75, 3.05) is 18.9 Å². The van der Waals surface area contributed by atoms with Crippen molar-refractivity contribution in [2.45, 2.75) is 32.5 Å². The van der Waals surface area contributed by atoms with Crippen molar-refractivity contribution in [3.05, 3.63) is 23.8 Å². The van der Waals surface area contributed by atoms with E-state index < -0.39 is 23.4 Å². The molecule has 0 unspecified atom stereocenters. The number of alkyl carbamates (subject to hydrolysis) is 1. The van der Waals surface area contributed by atoms with Gasteiger partial charge in [-0.3, -0.25) is 0 Å². The van der Waals surface area contributed by atoms with Gasteiger partial charge >= 0.3 is 12.3 Å². The molecule has 0 fully saturated rings. The van der Waals surface area contributed by atoms with Crippen LogP contribution in [-0.4, -0.2) is 24.8 Å². The first-order valence-electron chi connectivity index (χ1n) is 6.55. The number of ether oxygens (including phenoxy) is 2. The van der Waals surface area contributed by atoms with Crippen LogP contribution in [0.15, 0.2) is 18.2 Å². The van der Waals surface area contributed by atoms with Crippen LogP contribution < -0.4 is 15.8 Å². The predicted molar refractivity (Wildman–Crippen MR) is 75.6 cm³/mol. The average molecular weight is 320 g/mol. The zero-order valence-electron chi connectivity index (χ0n) is 12.6. The standard InChI is InChI=1S/C14H19F3N2O3/c1-13(2,3)22-12(20)19-6-7-21-11-5-4-9(8-10(11)18)14(15,16)17/h4-5,8H,6-7,18H2,1-3H3,(H,19,20). The summed E-state index contributed by atoms with van der Waals surface area (Å²) in [5, 5.41) is 2.46. The molecule has 1 aromatic carbocycles. The molecule has 22 heavy (non-hydrogen) atoms. The SMILES string of the molecule is CC(C)(C)OC(=O)NCCOc1ccc(C(F)(F)F)cc1N. The molecule has 0 aliphatic carbocycles. The Labute approximate surface area is 126 Å². The lowest BCUT2D eigenvalue weighted by atomic mass is 10.2. The average Bonchev–Trinajstić information content (AvgIpc) is 2.32. The molecule has 1 rings (SSSR count). The van der Waals surface area contributed by atoms with E-state index in [0.717, 1.165) is 18.2 Å². The molecule has 3 N–H and O–H groups in total. The van der Waals surface area contributed by atoms with Gasteiger partial charge in [0.1, 0.15) is 18.0 Å². The zero-order valence-corrected chi connectivity index (χ0v) is 12.6. The van der Waals surface area contributed by atoms with Crippen LogP contribution in [0.3, 0.4) is 0 Å². The van der Waals surface area contributed by atoms with Crippen molar-refractivity contribution in [3.8, 4) is 5.75 Å². The second-order valence-electron chi connectivity index (χ2n) is 5.53. The maximum absolute atomic E-state index is 12.5. The summed E-state index contributed by atoms with van der Waals surface area (Å²) in [5.74, 6) is 0.124. The number of anilines is 1. The number of hydrogen-bond acceptors (Lipinski definition) is 4. The highest BCUT2D eigenvalue weighted by Crippen LogP contribution is 2.33. The number of rotatable bonds is 4. The van der Waals surface area contributed by atoms with E-state index >= 15 is 0 Å². The van der Waals surface area contributed by atoms with Crippen molar-refractivity contribution in [3.63, 3.8) is 0 Å². The second-order valence-corrected chi connectivity index (χ2v) is 5.53. The highest BCUT2D eigenvalue weighted by Gasteiger charge is 2.30. The number of halogens is 3. The zero-order chi connectivity index (χ0) is 17.0. The lowest BCUT2D eigenvalue weighted by molar-refractivity contribution is -0.137. The minimum Gasteiger partial charge on any atom is -0.490 e. The molecule has 0 aliphatic heterocycles. The Balaban J connectivity index is 2.45. The third-order valence-electron chi connectivity index (χ3n) is 2.36. The van der Waals surface area contributed by atoms with E-state index in [9.17, 15) is 18.0 Å². The maximum Gasteiger partial charge on any atom is 0.416 e. The van der Waals surface area contributed by atoms with Crippen molar-refractivity contribution in [1.82, 2.24) is 5.32 Å². The van der Waals surface area contributed by atoms with Crippen molar-refractivity contribution in [1.29, 1.82) is 0 Å². The molecular weight excluding hydrogens is 301 g/mol. The summed E-state index contributed by atoms with van der Waals surface area (Å²) in [7, 11) is 0. The number of nitrogen functional groups attached to an aromatic ring is 1. The number of carbonyl (C=O) groups is 1. The number of alkyl halides is 3. The van der Waals surface area contributed by atoms with Crippen LogP contribution in [0.4, 0.5) is 23.7 Å². The highest BCUT2D eigenvalue weighted by molar-refractivity contribution is 5.67. The summed E-state index contributed by atoms with van der Waals surface area (Å²) < 4.78 is 47.7. The first-order valence-corrected chi connectivity index (χ1v) is 6.55. The predicted octanol–water partition coefficient (Wildman–Crippen LogP) is 3.19. The van der Waals surface area contributed by atoms with E-state index in [-0.39, 0.29) is 24.6 Å². The van der Waals surface area contributed by atoms with Crippen molar-refractivity contribution >= 4 is 11.8 Å². The van der Waals surface area contributed by atoms with Gasteiger partial charge in [0.05, 0.1) is 17.8 Å². The Morgan fingerprint density at radius 3 is 2.41 bits per heavy atom. The molecule has 1 amide bonds. The van der Waals surface area contributed by atoms with Gasteiger partial charge in [-0.25, -0.2) is 4.79 Å². The van der Waals surface area contributed by atoms with Crippen molar-refractivity contribution in [2.24, 2.45) is 0 Å². The molecule has 8 heteroatoms. The molecule has 0 saturated carbocycles. The monoisotopic (exact) mass is 320 g/mol. The quantitative estimate of drug-likeness (QED) is 0.660. The van der Waals surface area contributed by atoms with Crippen LogP contribution in [0.25, 0.3) is 0 Å². The van der Waals surface area contributed by atoms with Gasteiger partial charge in [-0.1, -0.05) is 0 Å². The third-order valence-corrected chi connectivity index (χ3v) is 2.36. The molecular formula is C14H19F3N2O3. The van der Waals surface area contributed by atoms with Gasteiger partial charge in [0.25, 0.3) is 0 Å². The third kappa shape index (κ3) is 6.11. The van der Waals surface area contributed by atoms with Crippen LogP contribution in [0.2, 0.25) is 0 Å². The summed E-state index contributed by atoms with van der Waals surface area (Å²) >= 11 is 0. The lowest BCUT2D eigenvalue weighted by Gasteiger charge is -2.19. The Bertz CT molecular complexity index is 525. The summed E-state index contributed by atoms with van der Waals surface area (Å²) in [4.78, 5) is 11.4. The molecule has 0 spiro atoms. The number of amides is 1.